The van der Waals surface area contributed by atoms with E-state index in [4.69, 9.17) is 27.9 Å². The second kappa shape index (κ2) is 9.44. The van der Waals surface area contributed by atoms with Crippen LogP contribution in [0, 0.1) is 29.1 Å². The molecule has 1 atom stereocenters. The maximum Gasteiger partial charge on any atom is 0.255 e. The van der Waals surface area contributed by atoms with Crippen LogP contribution in [-0.4, -0.2) is 20.9 Å². The molecule has 4 rings (SSSR count). The Labute approximate surface area is 205 Å². The van der Waals surface area contributed by atoms with Crippen molar-refractivity contribution in [1.29, 1.82) is 0 Å². The standard InChI is InChI=1S/C21H9Cl2F5N2O4S/c1-33-21-12(7-10(22)20(23)29-21)30-11-4-3-9(6-8(11)2-5-13(30)31)35(32)34-19-17(27)15(25)14(24)16(26)18(19)28/h2-7H,1H3. The van der Waals surface area contributed by atoms with Gasteiger partial charge in [-0.2, -0.15) is 13.8 Å². The molecule has 0 aliphatic carbocycles. The highest BCUT2D eigenvalue weighted by Gasteiger charge is 2.29. The molecule has 0 aliphatic rings. The van der Waals surface area contributed by atoms with Gasteiger partial charge in [-0.25, -0.2) is 17.4 Å². The fourth-order valence-electron chi connectivity index (χ4n) is 3.11. The highest BCUT2D eigenvalue weighted by molar-refractivity contribution is 7.80. The largest absolute Gasteiger partial charge is 0.479 e. The lowest BCUT2D eigenvalue weighted by Crippen LogP contribution is -2.18. The average molecular weight is 551 g/mol. The van der Waals surface area contributed by atoms with E-state index in [-0.39, 0.29) is 37.5 Å². The first kappa shape index (κ1) is 24.9. The summed E-state index contributed by atoms with van der Waals surface area (Å²) in [5.74, 6) is -13.2. The number of halogens is 7. The molecule has 1 unspecified atom stereocenters. The minimum Gasteiger partial charge on any atom is -0.479 e. The molecule has 2 heterocycles. The highest BCUT2D eigenvalue weighted by atomic mass is 35.5. The number of fused-ring (bicyclic) bond motifs is 1. The molecule has 0 saturated carbocycles. The van der Waals surface area contributed by atoms with Crippen molar-refractivity contribution in [2.24, 2.45) is 0 Å². The van der Waals surface area contributed by atoms with E-state index in [1.165, 1.54) is 35.9 Å². The second-order valence-corrected chi connectivity index (χ2v) is 8.61. The van der Waals surface area contributed by atoms with E-state index < -0.39 is 51.5 Å². The summed E-state index contributed by atoms with van der Waals surface area (Å²) in [6.07, 6.45) is 0. The number of nitrogens with zero attached hydrogens (tertiary/aromatic N) is 2. The van der Waals surface area contributed by atoms with Gasteiger partial charge in [-0.3, -0.25) is 9.36 Å². The zero-order valence-electron chi connectivity index (χ0n) is 17.0. The third-order valence-corrected chi connectivity index (χ3v) is 6.33. The topological polar surface area (TPSA) is 70.4 Å². The summed E-state index contributed by atoms with van der Waals surface area (Å²) in [7, 11) is 1.30. The van der Waals surface area contributed by atoms with E-state index in [0.717, 1.165) is 12.1 Å². The number of methoxy groups -OCH3 is 1. The smallest absolute Gasteiger partial charge is 0.255 e. The zero-order valence-corrected chi connectivity index (χ0v) is 19.4. The summed E-state index contributed by atoms with van der Waals surface area (Å²) in [5.41, 5.74) is -0.153. The van der Waals surface area contributed by atoms with Crippen LogP contribution in [0.15, 0.2) is 46.1 Å². The Morgan fingerprint density at radius 1 is 0.914 bits per heavy atom. The van der Waals surface area contributed by atoms with Crippen LogP contribution in [0.5, 0.6) is 11.6 Å². The molecular formula is C21H9Cl2F5N2O4S. The molecular weight excluding hydrogens is 542 g/mol. The molecule has 0 N–H and O–H groups in total. The molecule has 6 nitrogen and oxygen atoms in total. The maximum atomic E-state index is 13.9. The number of pyridine rings is 2. The lowest BCUT2D eigenvalue weighted by Gasteiger charge is -2.14. The molecule has 182 valence electrons. The third kappa shape index (κ3) is 4.32. The minimum absolute atomic E-state index is 0.0281. The van der Waals surface area contributed by atoms with Crippen molar-refractivity contribution in [3.8, 4) is 17.3 Å². The highest BCUT2D eigenvalue weighted by Crippen LogP contribution is 2.33. The van der Waals surface area contributed by atoms with Crippen molar-refractivity contribution in [2.45, 2.75) is 4.90 Å². The van der Waals surface area contributed by atoms with Crippen molar-refractivity contribution in [3.05, 3.63) is 86.0 Å². The van der Waals surface area contributed by atoms with E-state index in [9.17, 15) is 31.0 Å². The van der Waals surface area contributed by atoms with Crippen LogP contribution in [0.25, 0.3) is 16.6 Å². The van der Waals surface area contributed by atoms with E-state index in [1.807, 2.05) is 0 Å². The second-order valence-electron chi connectivity index (χ2n) is 6.73. The van der Waals surface area contributed by atoms with Crippen molar-refractivity contribution < 1.29 is 35.1 Å². The lowest BCUT2D eigenvalue weighted by molar-refractivity contribution is 0.352. The Morgan fingerprint density at radius 3 is 2.17 bits per heavy atom. The number of rotatable bonds is 5. The molecule has 2 aromatic heterocycles. The number of hydrogen-bond acceptors (Lipinski definition) is 5. The van der Waals surface area contributed by atoms with Gasteiger partial charge in [0, 0.05) is 11.5 Å². The van der Waals surface area contributed by atoms with Crippen LogP contribution in [-0.2, 0) is 11.1 Å². The van der Waals surface area contributed by atoms with Gasteiger partial charge in [0.1, 0.15) is 5.69 Å². The minimum atomic E-state index is -2.70. The first-order valence-corrected chi connectivity index (χ1v) is 11.1. The summed E-state index contributed by atoms with van der Waals surface area (Å²) in [6.45, 7) is 0. The maximum absolute atomic E-state index is 13.9. The fraction of sp³-hybridized carbons (Fsp3) is 0.0476. The van der Waals surface area contributed by atoms with Gasteiger partial charge in [0.15, 0.2) is 5.15 Å². The van der Waals surface area contributed by atoms with Gasteiger partial charge in [-0.1, -0.05) is 23.2 Å². The van der Waals surface area contributed by atoms with E-state index in [1.54, 1.807) is 0 Å². The predicted octanol–water partition coefficient (Wildman–Crippen LogP) is 5.50. The Hall–Kier alpha value is -3.22. The van der Waals surface area contributed by atoms with E-state index in [0.29, 0.717) is 0 Å². The normalized spacial score (nSPS) is 12.1. The molecule has 0 amide bonds. The van der Waals surface area contributed by atoms with Gasteiger partial charge in [-0.15, -0.1) is 0 Å². The van der Waals surface area contributed by atoms with E-state index in [2.05, 4.69) is 9.17 Å². The van der Waals surface area contributed by atoms with Crippen LogP contribution in [0.1, 0.15) is 0 Å². The van der Waals surface area contributed by atoms with Crippen LogP contribution < -0.4 is 14.5 Å². The van der Waals surface area contributed by atoms with E-state index >= 15 is 0 Å². The van der Waals surface area contributed by atoms with Crippen molar-refractivity contribution in [1.82, 2.24) is 9.55 Å². The van der Waals surface area contributed by atoms with Crippen LogP contribution in [0.3, 0.4) is 0 Å². The molecule has 2 aromatic carbocycles. The molecule has 0 fully saturated rings. The lowest BCUT2D eigenvalue weighted by atomic mass is 10.2. The molecule has 0 radical (unpaired) electrons. The monoisotopic (exact) mass is 550 g/mol. The SMILES string of the molecule is COc1nc(Cl)c(Cl)cc1-n1c(=O)ccc2cc(S(=O)Oc3c(F)c(F)c(F)c(F)c3F)ccc21. The molecule has 0 aliphatic heterocycles. The molecule has 0 bridgehead atoms. The van der Waals surface area contributed by atoms with Crippen molar-refractivity contribution >= 4 is 45.2 Å². The van der Waals surface area contributed by atoms with Gasteiger partial charge in [0.05, 0.1) is 22.5 Å². The van der Waals surface area contributed by atoms with Crippen LogP contribution in [0.4, 0.5) is 22.0 Å². The first-order valence-electron chi connectivity index (χ1n) is 9.23. The van der Waals surface area contributed by atoms with Gasteiger partial charge >= 0.3 is 0 Å². The Morgan fingerprint density at radius 2 is 1.54 bits per heavy atom. The Kier molecular flexibility index (Phi) is 6.71. The molecule has 0 spiro atoms. The summed E-state index contributed by atoms with van der Waals surface area (Å²) >= 11 is 9.24. The Balaban J connectivity index is 1.81. The summed E-state index contributed by atoms with van der Waals surface area (Å²) in [4.78, 5) is 16.4. The number of ether oxygens (including phenoxy) is 1. The quantitative estimate of drug-likeness (QED) is 0.142. The van der Waals surface area contributed by atoms with Gasteiger partial charge in [-0.05, 0) is 30.3 Å². The summed E-state index contributed by atoms with van der Waals surface area (Å²) in [6, 6.07) is 7.55. The molecule has 14 heteroatoms. The van der Waals surface area contributed by atoms with Gasteiger partial charge in [0.25, 0.3) is 5.56 Å². The fourth-order valence-corrected chi connectivity index (χ4v) is 4.18. The molecule has 35 heavy (non-hydrogen) atoms. The van der Waals surface area contributed by atoms with Crippen LogP contribution in [0.2, 0.25) is 10.2 Å². The summed E-state index contributed by atoms with van der Waals surface area (Å²) < 4.78 is 91.3. The molecule has 0 saturated heterocycles. The van der Waals surface area contributed by atoms with Crippen LogP contribution >= 0.6 is 23.2 Å². The zero-order chi connectivity index (χ0) is 25.6. The number of benzene rings is 2. The average Bonchev–Trinajstić information content (AvgIpc) is 2.85. The summed E-state index contributed by atoms with van der Waals surface area (Å²) in [5, 5.41) is 0.244. The van der Waals surface area contributed by atoms with Gasteiger partial charge in [0.2, 0.25) is 51.8 Å². The van der Waals surface area contributed by atoms with Crippen molar-refractivity contribution in [3.63, 3.8) is 0 Å². The van der Waals surface area contributed by atoms with Crippen molar-refractivity contribution in [2.75, 3.05) is 7.11 Å². The number of hydrogen-bond donors (Lipinski definition) is 0. The number of aromatic nitrogens is 2. The predicted molar refractivity (Wildman–Crippen MR) is 117 cm³/mol. The first-order chi connectivity index (χ1) is 16.5. The Bertz CT molecular complexity index is 1570. The third-order valence-electron chi connectivity index (χ3n) is 4.70. The van der Waals surface area contributed by atoms with Gasteiger partial charge < -0.3 is 8.92 Å². The molecule has 4 aromatic rings.